The normalized spacial score (nSPS) is 10.7. The van der Waals surface area contributed by atoms with Crippen molar-refractivity contribution in [1.82, 2.24) is 20.3 Å². The van der Waals surface area contributed by atoms with Crippen molar-refractivity contribution in [3.8, 4) is 5.69 Å². The predicted octanol–water partition coefficient (Wildman–Crippen LogP) is 1.91. The molecule has 0 aliphatic rings. The minimum absolute atomic E-state index is 0.0216. The molecule has 0 bridgehead atoms. The number of benzene rings is 1. The van der Waals surface area contributed by atoms with Crippen LogP contribution >= 0.6 is 11.6 Å². The van der Waals surface area contributed by atoms with E-state index in [-0.39, 0.29) is 24.2 Å². The van der Waals surface area contributed by atoms with Gasteiger partial charge in [0, 0.05) is 11.1 Å². The third kappa shape index (κ3) is 4.53. The molecule has 1 N–H and O–H groups in total. The van der Waals surface area contributed by atoms with Gasteiger partial charge in [-0.25, -0.2) is 4.79 Å². The number of esters is 1. The van der Waals surface area contributed by atoms with Gasteiger partial charge in [0.1, 0.15) is 0 Å². The molecule has 1 heterocycles. The summed E-state index contributed by atoms with van der Waals surface area (Å²) < 4.78 is 4.95. The summed E-state index contributed by atoms with van der Waals surface area (Å²) in [5.74, 6) is -1.07. The molecule has 0 unspecified atom stereocenters. The van der Waals surface area contributed by atoms with E-state index in [2.05, 4.69) is 15.5 Å². The Hall–Kier alpha value is -2.41. The Labute approximate surface area is 138 Å². The third-order valence-electron chi connectivity index (χ3n) is 2.80. The largest absolute Gasteiger partial charge is 0.451 e. The van der Waals surface area contributed by atoms with Crippen molar-refractivity contribution in [2.45, 2.75) is 26.8 Å². The highest BCUT2D eigenvalue weighted by Crippen LogP contribution is 2.14. The molecule has 8 heteroatoms. The number of carbonyl (C=O) groups excluding carboxylic acids is 2. The van der Waals surface area contributed by atoms with Crippen molar-refractivity contribution in [1.29, 1.82) is 0 Å². The highest BCUT2D eigenvalue weighted by Gasteiger charge is 2.19. The number of aromatic nitrogens is 3. The molecular formula is C15H17ClN4O3. The summed E-state index contributed by atoms with van der Waals surface area (Å²) in [5, 5.41) is 11.4. The lowest BCUT2D eigenvalue weighted by atomic mass is 10.3. The van der Waals surface area contributed by atoms with Crippen molar-refractivity contribution in [2.24, 2.45) is 0 Å². The fraction of sp³-hybridized carbons (Fsp3) is 0.333. The molecule has 0 fully saturated rings. The van der Waals surface area contributed by atoms with Crippen molar-refractivity contribution >= 4 is 23.5 Å². The first-order valence-corrected chi connectivity index (χ1v) is 7.41. The van der Waals surface area contributed by atoms with Crippen LogP contribution in [0.15, 0.2) is 24.3 Å². The van der Waals surface area contributed by atoms with Crippen LogP contribution in [0.25, 0.3) is 5.69 Å². The van der Waals surface area contributed by atoms with E-state index in [9.17, 15) is 9.59 Å². The lowest BCUT2D eigenvalue weighted by Gasteiger charge is -2.08. The zero-order chi connectivity index (χ0) is 17.0. The number of carbonyl (C=O) groups is 2. The summed E-state index contributed by atoms with van der Waals surface area (Å²) >= 11 is 5.92. The summed E-state index contributed by atoms with van der Waals surface area (Å²) in [7, 11) is 0. The monoisotopic (exact) mass is 336 g/mol. The van der Waals surface area contributed by atoms with Gasteiger partial charge in [-0.1, -0.05) is 17.7 Å². The molecule has 1 aromatic carbocycles. The maximum atomic E-state index is 12.0. The Morgan fingerprint density at radius 2 is 2.09 bits per heavy atom. The van der Waals surface area contributed by atoms with E-state index in [0.717, 1.165) is 0 Å². The predicted molar refractivity (Wildman–Crippen MR) is 84.7 cm³/mol. The maximum absolute atomic E-state index is 12.0. The summed E-state index contributed by atoms with van der Waals surface area (Å²) in [5.41, 5.74) is 1.08. The van der Waals surface area contributed by atoms with Crippen LogP contribution < -0.4 is 5.32 Å². The molecule has 0 saturated heterocycles. The molecule has 1 aromatic heterocycles. The molecule has 0 aliphatic carbocycles. The standard InChI is InChI=1S/C15H17ClN4O3/c1-9(2)17-13(21)8-23-15(22)14-10(3)18-20(19-14)12-6-4-5-11(16)7-12/h4-7,9H,8H2,1-3H3,(H,17,21). The van der Waals surface area contributed by atoms with E-state index in [4.69, 9.17) is 16.3 Å². The number of hydrogen-bond donors (Lipinski definition) is 1. The first-order chi connectivity index (χ1) is 10.9. The Morgan fingerprint density at radius 3 is 2.74 bits per heavy atom. The Kier molecular flexibility index (Phi) is 5.33. The Bertz CT molecular complexity index is 727. The second kappa shape index (κ2) is 7.23. The van der Waals surface area contributed by atoms with Crippen molar-refractivity contribution < 1.29 is 14.3 Å². The molecule has 0 saturated carbocycles. The van der Waals surface area contributed by atoms with Crippen LogP contribution in [0.3, 0.4) is 0 Å². The Morgan fingerprint density at radius 1 is 1.35 bits per heavy atom. The highest BCUT2D eigenvalue weighted by atomic mass is 35.5. The van der Waals surface area contributed by atoms with Gasteiger partial charge in [0.25, 0.3) is 5.91 Å². The van der Waals surface area contributed by atoms with E-state index in [1.54, 1.807) is 31.2 Å². The Balaban J connectivity index is 2.09. The van der Waals surface area contributed by atoms with Gasteiger partial charge < -0.3 is 10.1 Å². The van der Waals surface area contributed by atoms with E-state index in [1.165, 1.54) is 4.80 Å². The molecule has 0 spiro atoms. The molecule has 122 valence electrons. The lowest BCUT2D eigenvalue weighted by molar-refractivity contribution is -0.124. The number of hydrogen-bond acceptors (Lipinski definition) is 5. The zero-order valence-electron chi connectivity index (χ0n) is 13.0. The fourth-order valence-corrected chi connectivity index (χ4v) is 2.03. The zero-order valence-corrected chi connectivity index (χ0v) is 13.8. The summed E-state index contributed by atoms with van der Waals surface area (Å²) in [6.07, 6.45) is 0. The molecule has 0 aliphatic heterocycles. The van der Waals surface area contributed by atoms with Crippen molar-refractivity contribution in [3.05, 3.63) is 40.7 Å². The van der Waals surface area contributed by atoms with Gasteiger partial charge in [0.05, 0.1) is 11.4 Å². The molecule has 0 atom stereocenters. The second-order valence-corrected chi connectivity index (χ2v) is 5.64. The number of nitrogens with zero attached hydrogens (tertiary/aromatic N) is 3. The van der Waals surface area contributed by atoms with Gasteiger partial charge >= 0.3 is 5.97 Å². The van der Waals surface area contributed by atoms with Gasteiger partial charge in [-0.3, -0.25) is 4.79 Å². The average Bonchev–Trinajstić information content (AvgIpc) is 2.86. The van der Waals surface area contributed by atoms with Gasteiger partial charge in [-0.15, -0.1) is 5.10 Å². The molecule has 7 nitrogen and oxygen atoms in total. The molecule has 0 radical (unpaired) electrons. The van der Waals surface area contributed by atoms with Crippen LogP contribution in [0, 0.1) is 6.92 Å². The van der Waals surface area contributed by atoms with E-state index in [1.807, 2.05) is 13.8 Å². The number of aryl methyl sites for hydroxylation is 1. The van der Waals surface area contributed by atoms with Gasteiger partial charge in [0.2, 0.25) is 0 Å². The van der Waals surface area contributed by atoms with Crippen LogP contribution in [0.2, 0.25) is 5.02 Å². The third-order valence-corrected chi connectivity index (χ3v) is 3.03. The number of halogens is 1. The topological polar surface area (TPSA) is 86.1 Å². The van der Waals surface area contributed by atoms with Gasteiger partial charge in [0.15, 0.2) is 12.3 Å². The fourth-order valence-electron chi connectivity index (χ4n) is 1.85. The second-order valence-electron chi connectivity index (χ2n) is 5.20. The van der Waals surface area contributed by atoms with E-state index >= 15 is 0 Å². The van der Waals surface area contributed by atoms with Crippen LogP contribution in [0.1, 0.15) is 30.0 Å². The van der Waals surface area contributed by atoms with Crippen molar-refractivity contribution in [2.75, 3.05) is 6.61 Å². The average molecular weight is 337 g/mol. The summed E-state index contributed by atoms with van der Waals surface area (Å²) in [6.45, 7) is 4.92. The molecular weight excluding hydrogens is 320 g/mol. The van der Waals surface area contributed by atoms with E-state index in [0.29, 0.717) is 16.4 Å². The lowest BCUT2D eigenvalue weighted by Crippen LogP contribution is -2.34. The first-order valence-electron chi connectivity index (χ1n) is 7.03. The molecule has 2 rings (SSSR count). The maximum Gasteiger partial charge on any atom is 0.361 e. The smallest absolute Gasteiger partial charge is 0.361 e. The number of amides is 1. The number of nitrogens with one attached hydrogen (secondary N) is 1. The van der Waals surface area contributed by atoms with Gasteiger partial charge in [-0.05, 0) is 39.0 Å². The first kappa shape index (κ1) is 17.0. The van der Waals surface area contributed by atoms with Crippen molar-refractivity contribution in [3.63, 3.8) is 0 Å². The molecule has 2 aromatic rings. The summed E-state index contributed by atoms with van der Waals surface area (Å²) in [6, 6.07) is 6.89. The number of ether oxygens (including phenoxy) is 1. The SMILES string of the molecule is Cc1nn(-c2cccc(Cl)c2)nc1C(=O)OCC(=O)NC(C)C. The van der Waals surface area contributed by atoms with Crippen LogP contribution in [-0.2, 0) is 9.53 Å². The number of rotatable bonds is 5. The summed E-state index contributed by atoms with van der Waals surface area (Å²) in [4.78, 5) is 24.8. The van der Waals surface area contributed by atoms with Crippen LogP contribution in [0.4, 0.5) is 0 Å². The van der Waals surface area contributed by atoms with E-state index < -0.39 is 5.97 Å². The molecule has 1 amide bonds. The minimum Gasteiger partial charge on any atom is -0.451 e. The van der Waals surface area contributed by atoms with Crippen LogP contribution in [0.5, 0.6) is 0 Å². The highest BCUT2D eigenvalue weighted by molar-refractivity contribution is 6.30. The van der Waals surface area contributed by atoms with Crippen LogP contribution in [-0.4, -0.2) is 39.5 Å². The van der Waals surface area contributed by atoms with Gasteiger partial charge in [-0.2, -0.15) is 9.90 Å². The molecule has 23 heavy (non-hydrogen) atoms. The quantitative estimate of drug-likeness (QED) is 0.843. The minimum atomic E-state index is -0.699.